The molecule has 0 spiro atoms. The summed E-state index contributed by atoms with van der Waals surface area (Å²) in [7, 11) is 1.24. The van der Waals surface area contributed by atoms with Crippen LogP contribution in [0, 0.1) is 6.92 Å². The summed E-state index contributed by atoms with van der Waals surface area (Å²) in [6.45, 7) is 0.893. The predicted molar refractivity (Wildman–Crippen MR) is 107 cm³/mol. The Bertz CT molecular complexity index is 856. The molecule has 0 aliphatic rings. The van der Waals surface area contributed by atoms with Gasteiger partial charge in [-0.3, -0.25) is 4.79 Å². The average Bonchev–Trinajstić information content (AvgIpc) is 2.71. The first-order valence-electron chi connectivity index (χ1n) is 8.84. The van der Waals surface area contributed by atoms with Crippen LogP contribution in [0.4, 0.5) is 0 Å². The summed E-state index contributed by atoms with van der Waals surface area (Å²) >= 11 is 5.86. The average molecular weight is 420 g/mol. The summed E-state index contributed by atoms with van der Waals surface area (Å²) in [5.74, 6) is -1.43. The second kappa shape index (κ2) is 11.1. The molecule has 0 heterocycles. The lowest BCUT2D eigenvalue weighted by Gasteiger charge is -2.16. The summed E-state index contributed by atoms with van der Waals surface area (Å²) in [4.78, 5) is 35.8. The van der Waals surface area contributed by atoms with Crippen molar-refractivity contribution < 1.29 is 28.6 Å². The highest BCUT2D eigenvalue weighted by atomic mass is 35.5. The van der Waals surface area contributed by atoms with E-state index in [9.17, 15) is 14.4 Å². The monoisotopic (exact) mass is 419 g/mol. The van der Waals surface area contributed by atoms with Crippen LogP contribution in [-0.4, -0.2) is 44.2 Å². The molecule has 1 amide bonds. The van der Waals surface area contributed by atoms with Crippen molar-refractivity contribution in [2.75, 3.05) is 20.3 Å². The van der Waals surface area contributed by atoms with E-state index in [1.807, 2.05) is 30.3 Å². The van der Waals surface area contributed by atoms with Crippen molar-refractivity contribution in [1.29, 1.82) is 0 Å². The van der Waals surface area contributed by atoms with E-state index >= 15 is 0 Å². The molecule has 1 N–H and O–H groups in total. The number of halogens is 1. The Morgan fingerprint density at radius 2 is 1.79 bits per heavy atom. The van der Waals surface area contributed by atoms with Crippen LogP contribution in [0.2, 0.25) is 5.02 Å². The maximum atomic E-state index is 12.1. The molecule has 0 unspecified atom stereocenters. The summed E-state index contributed by atoms with van der Waals surface area (Å²) < 4.78 is 15.0. The van der Waals surface area contributed by atoms with Crippen LogP contribution >= 0.6 is 11.6 Å². The Hall–Kier alpha value is -3.06. The Morgan fingerprint density at radius 3 is 2.45 bits per heavy atom. The molecule has 2 rings (SSSR count). The van der Waals surface area contributed by atoms with Crippen molar-refractivity contribution in [2.45, 2.75) is 19.4 Å². The van der Waals surface area contributed by atoms with Crippen molar-refractivity contribution in [3.8, 4) is 5.75 Å². The van der Waals surface area contributed by atoms with Gasteiger partial charge in [0.1, 0.15) is 11.8 Å². The van der Waals surface area contributed by atoms with Crippen LogP contribution in [0.1, 0.15) is 11.1 Å². The van der Waals surface area contributed by atoms with Crippen LogP contribution in [0.5, 0.6) is 5.75 Å². The number of aryl methyl sites for hydroxylation is 1. The van der Waals surface area contributed by atoms with E-state index in [-0.39, 0.29) is 13.0 Å². The van der Waals surface area contributed by atoms with E-state index in [2.05, 4.69) is 5.32 Å². The molecular formula is C21H22ClNO6. The highest BCUT2D eigenvalue weighted by Gasteiger charge is 2.22. The number of rotatable bonds is 9. The second-order valence-electron chi connectivity index (χ2n) is 6.19. The minimum absolute atomic E-state index is 0.256. The lowest BCUT2D eigenvalue weighted by molar-refractivity contribution is -0.151. The molecule has 2 aromatic carbocycles. The largest absolute Gasteiger partial charge is 0.482 e. The van der Waals surface area contributed by atoms with E-state index in [1.165, 1.54) is 7.11 Å². The number of ether oxygens (including phenoxy) is 3. The normalized spacial score (nSPS) is 11.3. The topological polar surface area (TPSA) is 90.9 Å². The molecule has 0 fully saturated rings. The van der Waals surface area contributed by atoms with Crippen molar-refractivity contribution in [3.63, 3.8) is 0 Å². The van der Waals surface area contributed by atoms with Crippen LogP contribution < -0.4 is 10.1 Å². The van der Waals surface area contributed by atoms with E-state index < -0.39 is 30.5 Å². The van der Waals surface area contributed by atoms with Gasteiger partial charge < -0.3 is 19.5 Å². The minimum atomic E-state index is -0.887. The first kappa shape index (κ1) is 22.2. The third-order valence-electron chi connectivity index (χ3n) is 3.95. The second-order valence-corrected chi connectivity index (χ2v) is 6.63. The van der Waals surface area contributed by atoms with Crippen molar-refractivity contribution in [3.05, 3.63) is 64.7 Å². The van der Waals surface area contributed by atoms with Gasteiger partial charge in [0.05, 0.1) is 7.11 Å². The van der Waals surface area contributed by atoms with Gasteiger partial charge in [-0.25, -0.2) is 9.59 Å². The molecule has 0 radical (unpaired) electrons. The van der Waals surface area contributed by atoms with Gasteiger partial charge in [-0.1, -0.05) is 41.9 Å². The van der Waals surface area contributed by atoms with Crippen LogP contribution in [0.15, 0.2) is 48.5 Å². The summed E-state index contributed by atoms with van der Waals surface area (Å²) in [5, 5.41) is 3.07. The van der Waals surface area contributed by atoms with Crippen molar-refractivity contribution in [2.24, 2.45) is 0 Å². The SMILES string of the molecule is COC(=O)[C@H](Cc1ccccc1)NC(=O)COC(=O)COc1ccc(Cl)cc1C. The maximum absolute atomic E-state index is 12.1. The molecule has 8 heteroatoms. The smallest absolute Gasteiger partial charge is 0.344 e. The number of nitrogens with one attached hydrogen (secondary N) is 1. The fourth-order valence-corrected chi connectivity index (χ4v) is 2.75. The highest BCUT2D eigenvalue weighted by molar-refractivity contribution is 6.30. The number of benzene rings is 2. The van der Waals surface area contributed by atoms with Crippen LogP contribution in [0.25, 0.3) is 0 Å². The van der Waals surface area contributed by atoms with E-state index in [1.54, 1.807) is 25.1 Å². The Labute approximate surface area is 173 Å². The van der Waals surface area contributed by atoms with E-state index in [0.717, 1.165) is 11.1 Å². The fraction of sp³-hybridized carbons (Fsp3) is 0.286. The van der Waals surface area contributed by atoms with E-state index in [4.69, 9.17) is 25.8 Å². The highest BCUT2D eigenvalue weighted by Crippen LogP contribution is 2.21. The number of methoxy groups -OCH3 is 1. The molecule has 1 atom stereocenters. The quantitative estimate of drug-likeness (QED) is 0.628. The predicted octanol–water partition coefficient (Wildman–Crippen LogP) is 2.47. The number of amides is 1. The molecule has 0 bridgehead atoms. The Morgan fingerprint density at radius 1 is 1.07 bits per heavy atom. The molecule has 154 valence electrons. The van der Waals surface area contributed by atoms with E-state index in [0.29, 0.717) is 10.8 Å². The molecular weight excluding hydrogens is 398 g/mol. The zero-order chi connectivity index (χ0) is 21.2. The lowest BCUT2D eigenvalue weighted by atomic mass is 10.1. The van der Waals surface area contributed by atoms with Gasteiger partial charge >= 0.3 is 11.9 Å². The first-order chi connectivity index (χ1) is 13.9. The summed E-state index contributed by atoms with van der Waals surface area (Å²) in [5.41, 5.74) is 1.62. The zero-order valence-corrected chi connectivity index (χ0v) is 16.9. The standard InChI is InChI=1S/C21H22ClNO6/c1-14-10-16(22)8-9-18(14)28-13-20(25)29-12-19(24)23-17(21(26)27-2)11-15-6-4-3-5-7-15/h3-10,17H,11-13H2,1-2H3,(H,23,24)/t17-/m0/s1. The number of esters is 2. The van der Waals surface area contributed by atoms with Crippen LogP contribution in [-0.2, 0) is 30.3 Å². The third kappa shape index (κ3) is 7.46. The Balaban J connectivity index is 1.81. The van der Waals surface area contributed by atoms with Crippen LogP contribution in [0.3, 0.4) is 0 Å². The number of carbonyl (C=O) groups is 3. The van der Waals surface area contributed by atoms with Gasteiger partial charge in [0.25, 0.3) is 5.91 Å². The van der Waals surface area contributed by atoms with Gasteiger partial charge in [0.15, 0.2) is 13.2 Å². The fourth-order valence-electron chi connectivity index (χ4n) is 2.52. The molecule has 0 aliphatic carbocycles. The third-order valence-corrected chi connectivity index (χ3v) is 4.19. The van der Waals surface area contributed by atoms with Gasteiger partial charge in [0, 0.05) is 11.4 Å². The van der Waals surface area contributed by atoms with Crippen molar-refractivity contribution in [1.82, 2.24) is 5.32 Å². The summed E-state index contributed by atoms with van der Waals surface area (Å²) in [6.07, 6.45) is 0.256. The molecule has 0 aliphatic heterocycles. The number of hydrogen-bond donors (Lipinski definition) is 1. The molecule has 7 nitrogen and oxygen atoms in total. The minimum Gasteiger partial charge on any atom is -0.482 e. The lowest BCUT2D eigenvalue weighted by Crippen LogP contribution is -2.44. The number of carbonyl (C=O) groups excluding carboxylic acids is 3. The molecule has 2 aromatic rings. The molecule has 0 aromatic heterocycles. The zero-order valence-electron chi connectivity index (χ0n) is 16.1. The number of hydrogen-bond acceptors (Lipinski definition) is 6. The maximum Gasteiger partial charge on any atom is 0.344 e. The van der Waals surface area contributed by atoms with Gasteiger partial charge in [0.2, 0.25) is 0 Å². The molecule has 0 saturated heterocycles. The van der Waals surface area contributed by atoms with Gasteiger partial charge in [-0.2, -0.15) is 0 Å². The molecule has 0 saturated carbocycles. The Kier molecular flexibility index (Phi) is 8.48. The summed E-state index contributed by atoms with van der Waals surface area (Å²) in [6, 6.07) is 13.3. The van der Waals surface area contributed by atoms with Crippen molar-refractivity contribution >= 4 is 29.4 Å². The first-order valence-corrected chi connectivity index (χ1v) is 9.22. The van der Waals surface area contributed by atoms with Gasteiger partial charge in [-0.15, -0.1) is 0 Å². The molecule has 29 heavy (non-hydrogen) atoms. The van der Waals surface area contributed by atoms with Gasteiger partial charge in [-0.05, 0) is 36.2 Å².